The Morgan fingerprint density at radius 2 is 1.90 bits per heavy atom. The largest absolute Gasteiger partial charge is 0.416 e. The number of halogens is 3. The molecule has 0 unspecified atom stereocenters. The highest BCUT2D eigenvalue weighted by Gasteiger charge is 2.31. The number of carbonyl (C=O) groups excluding carboxylic acids is 1. The zero-order valence-corrected chi connectivity index (χ0v) is 11.5. The maximum atomic E-state index is 12.9. The zero-order chi connectivity index (χ0) is 15.2. The number of ketones is 1. The lowest BCUT2D eigenvalue weighted by Gasteiger charge is -2.18. The van der Waals surface area contributed by atoms with Crippen LogP contribution in [0.5, 0.6) is 0 Å². The third kappa shape index (κ3) is 2.37. The average molecular weight is 293 g/mol. The lowest BCUT2D eigenvalue weighted by Crippen LogP contribution is -2.13. The van der Waals surface area contributed by atoms with Gasteiger partial charge in [-0.25, -0.2) is 0 Å². The molecule has 1 heterocycles. The van der Waals surface area contributed by atoms with Crippen LogP contribution >= 0.6 is 0 Å². The van der Waals surface area contributed by atoms with E-state index in [-0.39, 0.29) is 5.78 Å². The van der Waals surface area contributed by atoms with Crippen molar-refractivity contribution in [3.05, 3.63) is 52.8 Å². The highest BCUT2D eigenvalue weighted by Crippen LogP contribution is 2.33. The maximum Gasteiger partial charge on any atom is 0.416 e. The summed E-state index contributed by atoms with van der Waals surface area (Å²) in [5.74, 6) is 0.0691. The fourth-order valence-electron chi connectivity index (χ4n) is 2.80. The summed E-state index contributed by atoms with van der Waals surface area (Å²) in [7, 11) is 0. The van der Waals surface area contributed by atoms with Gasteiger partial charge in [0, 0.05) is 29.6 Å². The summed E-state index contributed by atoms with van der Waals surface area (Å²) in [6.07, 6.45) is -0.710. The lowest BCUT2D eigenvalue weighted by atomic mass is 9.96. The SMILES string of the molecule is Cc1ccc(C(F)(F)F)cc1-n1ccc2c1CCCC2=O. The molecule has 0 bridgehead atoms. The number of benzene rings is 1. The number of rotatable bonds is 1. The van der Waals surface area contributed by atoms with Crippen molar-refractivity contribution in [2.24, 2.45) is 0 Å². The zero-order valence-electron chi connectivity index (χ0n) is 11.5. The maximum absolute atomic E-state index is 12.9. The Morgan fingerprint density at radius 3 is 2.62 bits per heavy atom. The summed E-state index contributed by atoms with van der Waals surface area (Å²) in [5, 5.41) is 0. The first-order valence-corrected chi connectivity index (χ1v) is 6.79. The van der Waals surface area contributed by atoms with Gasteiger partial charge < -0.3 is 4.57 Å². The minimum absolute atomic E-state index is 0.0691. The van der Waals surface area contributed by atoms with E-state index in [4.69, 9.17) is 0 Å². The van der Waals surface area contributed by atoms with Crippen LogP contribution in [0.4, 0.5) is 13.2 Å². The Balaban J connectivity index is 2.15. The fourth-order valence-corrected chi connectivity index (χ4v) is 2.80. The second-order valence-electron chi connectivity index (χ2n) is 5.32. The van der Waals surface area contributed by atoms with Gasteiger partial charge >= 0.3 is 6.18 Å². The standard InChI is InChI=1S/C16H14F3NO/c1-10-5-6-11(16(17,18)19)9-14(10)20-8-7-12-13(20)3-2-4-15(12)21/h5-9H,2-4H2,1H3. The quantitative estimate of drug-likeness (QED) is 0.767. The molecule has 0 spiro atoms. The van der Waals surface area contributed by atoms with E-state index in [0.717, 1.165) is 29.8 Å². The van der Waals surface area contributed by atoms with Gasteiger partial charge in [0.05, 0.1) is 5.56 Å². The summed E-state index contributed by atoms with van der Waals surface area (Å²) in [6, 6.07) is 5.40. The molecule has 0 amide bonds. The number of Topliss-reactive ketones (excluding diaryl/α,β-unsaturated/α-hetero) is 1. The second-order valence-corrected chi connectivity index (χ2v) is 5.32. The van der Waals surface area contributed by atoms with Gasteiger partial charge in [-0.2, -0.15) is 13.2 Å². The molecule has 0 radical (unpaired) electrons. The highest BCUT2D eigenvalue weighted by molar-refractivity contribution is 5.98. The number of hydrogen-bond donors (Lipinski definition) is 0. The molecule has 110 valence electrons. The van der Waals surface area contributed by atoms with E-state index in [9.17, 15) is 18.0 Å². The molecule has 0 atom stereocenters. The summed E-state index contributed by atoms with van der Waals surface area (Å²) in [4.78, 5) is 11.8. The van der Waals surface area contributed by atoms with E-state index >= 15 is 0 Å². The molecule has 0 saturated carbocycles. The number of alkyl halides is 3. The van der Waals surface area contributed by atoms with Crippen LogP contribution in [0, 0.1) is 6.92 Å². The summed E-state index contributed by atoms with van der Waals surface area (Å²) >= 11 is 0. The van der Waals surface area contributed by atoms with Crippen molar-refractivity contribution in [2.45, 2.75) is 32.4 Å². The monoisotopic (exact) mass is 293 g/mol. The average Bonchev–Trinajstić information content (AvgIpc) is 2.83. The van der Waals surface area contributed by atoms with E-state index < -0.39 is 11.7 Å². The minimum atomic E-state index is -4.37. The van der Waals surface area contributed by atoms with E-state index in [0.29, 0.717) is 24.1 Å². The van der Waals surface area contributed by atoms with Gasteiger partial charge in [-0.3, -0.25) is 4.79 Å². The highest BCUT2D eigenvalue weighted by atomic mass is 19.4. The Hall–Kier alpha value is -2.04. The molecule has 21 heavy (non-hydrogen) atoms. The summed E-state index contributed by atoms with van der Waals surface area (Å²) in [6.45, 7) is 1.77. The molecule has 0 aliphatic heterocycles. The van der Waals surface area contributed by atoms with E-state index in [1.807, 2.05) is 0 Å². The minimum Gasteiger partial charge on any atom is -0.320 e. The van der Waals surface area contributed by atoms with Crippen LogP contribution < -0.4 is 0 Å². The number of fused-ring (bicyclic) bond motifs is 1. The van der Waals surface area contributed by atoms with Crippen molar-refractivity contribution in [1.29, 1.82) is 0 Å². The van der Waals surface area contributed by atoms with Crippen molar-refractivity contribution in [1.82, 2.24) is 4.57 Å². The van der Waals surface area contributed by atoms with Gasteiger partial charge in [0.15, 0.2) is 5.78 Å². The molecule has 0 N–H and O–H groups in total. The number of hydrogen-bond acceptors (Lipinski definition) is 1. The van der Waals surface area contributed by atoms with Crippen molar-refractivity contribution in [3.63, 3.8) is 0 Å². The van der Waals surface area contributed by atoms with E-state index in [1.165, 1.54) is 6.07 Å². The van der Waals surface area contributed by atoms with Gasteiger partial charge in [0.2, 0.25) is 0 Å². The molecule has 5 heteroatoms. The van der Waals surface area contributed by atoms with Gasteiger partial charge in [0.1, 0.15) is 0 Å². The summed E-state index contributed by atoms with van der Waals surface area (Å²) < 4.78 is 40.4. The van der Waals surface area contributed by atoms with Gasteiger partial charge in [-0.1, -0.05) is 6.07 Å². The van der Waals surface area contributed by atoms with Crippen LogP contribution in [-0.2, 0) is 12.6 Å². The van der Waals surface area contributed by atoms with Crippen LogP contribution in [0.25, 0.3) is 5.69 Å². The smallest absolute Gasteiger partial charge is 0.320 e. The molecular weight excluding hydrogens is 279 g/mol. The van der Waals surface area contributed by atoms with E-state index in [1.54, 1.807) is 23.8 Å². The van der Waals surface area contributed by atoms with Crippen molar-refractivity contribution in [3.8, 4) is 5.69 Å². The first-order chi connectivity index (χ1) is 9.88. The summed E-state index contributed by atoms with van der Waals surface area (Å²) in [5.41, 5.74) is 2.01. The molecule has 0 fully saturated rings. The number of aromatic nitrogens is 1. The van der Waals surface area contributed by atoms with Crippen LogP contribution in [0.15, 0.2) is 30.5 Å². The fraction of sp³-hybridized carbons (Fsp3) is 0.312. The van der Waals surface area contributed by atoms with Crippen molar-refractivity contribution >= 4 is 5.78 Å². The van der Waals surface area contributed by atoms with Crippen LogP contribution in [-0.4, -0.2) is 10.4 Å². The molecule has 2 aromatic rings. The predicted molar refractivity (Wildman–Crippen MR) is 72.8 cm³/mol. The van der Waals surface area contributed by atoms with Gasteiger partial charge in [0.25, 0.3) is 0 Å². The number of aryl methyl sites for hydroxylation is 1. The first-order valence-electron chi connectivity index (χ1n) is 6.79. The molecule has 3 rings (SSSR count). The molecule has 2 nitrogen and oxygen atoms in total. The number of carbonyl (C=O) groups is 1. The van der Waals surface area contributed by atoms with Gasteiger partial charge in [-0.15, -0.1) is 0 Å². The molecule has 1 aliphatic carbocycles. The second kappa shape index (κ2) is 4.76. The normalized spacial score (nSPS) is 15.1. The Morgan fingerprint density at radius 1 is 1.14 bits per heavy atom. The van der Waals surface area contributed by atoms with E-state index in [2.05, 4.69) is 0 Å². The van der Waals surface area contributed by atoms with Crippen LogP contribution in [0.1, 0.15) is 40.0 Å². The predicted octanol–water partition coefficient (Wildman–Crippen LogP) is 4.32. The van der Waals surface area contributed by atoms with Crippen LogP contribution in [0.2, 0.25) is 0 Å². The van der Waals surface area contributed by atoms with Crippen molar-refractivity contribution in [2.75, 3.05) is 0 Å². The van der Waals surface area contributed by atoms with Gasteiger partial charge in [-0.05, 0) is 43.5 Å². The first kappa shape index (κ1) is 13.9. The molecule has 1 aromatic heterocycles. The number of nitrogens with zero attached hydrogens (tertiary/aromatic N) is 1. The van der Waals surface area contributed by atoms with Crippen LogP contribution in [0.3, 0.4) is 0 Å². The third-order valence-electron chi connectivity index (χ3n) is 3.91. The Bertz CT molecular complexity index is 713. The molecular formula is C16H14F3NO. The van der Waals surface area contributed by atoms with Crippen molar-refractivity contribution < 1.29 is 18.0 Å². The Labute approximate surface area is 120 Å². The third-order valence-corrected chi connectivity index (χ3v) is 3.91. The topological polar surface area (TPSA) is 22.0 Å². The molecule has 1 aliphatic rings. The molecule has 0 saturated heterocycles. The Kier molecular flexibility index (Phi) is 3.15. The lowest BCUT2D eigenvalue weighted by molar-refractivity contribution is -0.137. The molecule has 1 aromatic carbocycles.